The summed E-state index contributed by atoms with van der Waals surface area (Å²) in [6, 6.07) is 0. The fraction of sp³-hybridized carbons (Fsp3) is 0.500. The van der Waals surface area contributed by atoms with Crippen molar-refractivity contribution in [2.45, 2.75) is 33.1 Å². The smallest absolute Gasteiger partial charge is 0.311 e. The molecule has 0 aromatic carbocycles. The van der Waals surface area contributed by atoms with Crippen molar-refractivity contribution in [2.75, 3.05) is 0 Å². The monoisotopic (exact) mass is 194 g/mol. The lowest BCUT2D eigenvalue weighted by molar-refractivity contribution is -0.138. The van der Waals surface area contributed by atoms with Gasteiger partial charge in [-0.1, -0.05) is 6.92 Å². The van der Waals surface area contributed by atoms with E-state index in [1.54, 1.807) is 13.1 Å². The second kappa shape index (κ2) is 4.17. The number of aromatic nitrogens is 2. The van der Waals surface area contributed by atoms with Crippen LogP contribution in [0.5, 0.6) is 0 Å². The number of carboxylic acids is 1. The lowest BCUT2D eigenvalue weighted by Gasteiger charge is -2.11. The highest BCUT2D eigenvalue weighted by Crippen LogP contribution is 2.21. The van der Waals surface area contributed by atoms with Gasteiger partial charge in [-0.3, -0.25) is 4.79 Å². The minimum Gasteiger partial charge on any atom is -0.481 e. The van der Waals surface area contributed by atoms with Crippen LogP contribution in [-0.2, 0) is 4.79 Å². The van der Waals surface area contributed by atoms with Crippen molar-refractivity contribution in [3.63, 3.8) is 0 Å². The van der Waals surface area contributed by atoms with Gasteiger partial charge in [0.15, 0.2) is 0 Å². The molecule has 0 spiro atoms. The SMILES string of the molecule is CCC(C(=O)O)c1cnc(C)nc1C. The highest BCUT2D eigenvalue weighted by Gasteiger charge is 2.20. The number of carbonyl (C=O) groups is 1. The molecule has 0 fully saturated rings. The number of aryl methyl sites for hydroxylation is 2. The summed E-state index contributed by atoms with van der Waals surface area (Å²) in [6.45, 7) is 5.45. The standard InChI is InChI=1S/C10H14N2O2/c1-4-8(10(13)14)9-5-11-7(3)12-6(9)2/h5,8H,4H2,1-3H3,(H,13,14). The maximum absolute atomic E-state index is 10.9. The number of carboxylic acid groups (broad SMARTS) is 1. The van der Waals surface area contributed by atoms with Crippen LogP contribution in [0.3, 0.4) is 0 Å². The van der Waals surface area contributed by atoms with Crippen LogP contribution in [-0.4, -0.2) is 21.0 Å². The van der Waals surface area contributed by atoms with Crippen molar-refractivity contribution < 1.29 is 9.90 Å². The normalized spacial score (nSPS) is 12.5. The topological polar surface area (TPSA) is 63.1 Å². The van der Waals surface area contributed by atoms with E-state index in [9.17, 15) is 4.79 Å². The Morgan fingerprint density at radius 2 is 2.21 bits per heavy atom. The Balaban J connectivity index is 3.10. The predicted molar refractivity (Wildman–Crippen MR) is 52.2 cm³/mol. The number of hydrogen-bond donors (Lipinski definition) is 1. The van der Waals surface area contributed by atoms with Gasteiger partial charge in [-0.05, 0) is 20.3 Å². The summed E-state index contributed by atoms with van der Waals surface area (Å²) in [5.41, 5.74) is 1.47. The molecule has 0 aliphatic carbocycles. The van der Waals surface area contributed by atoms with Crippen molar-refractivity contribution in [3.05, 3.63) is 23.3 Å². The molecule has 1 heterocycles. The van der Waals surface area contributed by atoms with Crippen LogP contribution in [0.2, 0.25) is 0 Å². The van der Waals surface area contributed by atoms with Crippen molar-refractivity contribution in [3.8, 4) is 0 Å². The molecule has 0 saturated carbocycles. The Morgan fingerprint density at radius 1 is 1.57 bits per heavy atom. The Morgan fingerprint density at radius 3 is 2.64 bits per heavy atom. The van der Waals surface area contributed by atoms with Gasteiger partial charge in [0.2, 0.25) is 0 Å². The quantitative estimate of drug-likeness (QED) is 0.795. The van der Waals surface area contributed by atoms with Crippen LogP contribution in [0.1, 0.15) is 36.3 Å². The van der Waals surface area contributed by atoms with E-state index >= 15 is 0 Å². The van der Waals surface area contributed by atoms with Gasteiger partial charge in [0.25, 0.3) is 0 Å². The molecule has 76 valence electrons. The first-order valence-electron chi connectivity index (χ1n) is 4.59. The van der Waals surface area contributed by atoms with Gasteiger partial charge in [-0.25, -0.2) is 9.97 Å². The van der Waals surface area contributed by atoms with Crippen LogP contribution in [0.15, 0.2) is 6.20 Å². The summed E-state index contributed by atoms with van der Waals surface area (Å²) in [5, 5.41) is 8.96. The molecular weight excluding hydrogens is 180 g/mol. The van der Waals surface area contributed by atoms with Crippen LogP contribution >= 0.6 is 0 Å². The maximum atomic E-state index is 10.9. The summed E-state index contributed by atoms with van der Waals surface area (Å²) in [7, 11) is 0. The Kier molecular flexibility index (Phi) is 3.17. The zero-order chi connectivity index (χ0) is 10.7. The highest BCUT2D eigenvalue weighted by atomic mass is 16.4. The number of hydrogen-bond acceptors (Lipinski definition) is 3. The zero-order valence-corrected chi connectivity index (χ0v) is 8.61. The summed E-state index contributed by atoms with van der Waals surface area (Å²) >= 11 is 0. The first-order chi connectivity index (χ1) is 6.56. The molecule has 0 aliphatic rings. The average Bonchev–Trinajstić information content (AvgIpc) is 2.09. The molecule has 0 aliphatic heterocycles. The van der Waals surface area contributed by atoms with E-state index in [4.69, 9.17) is 5.11 Å². The Bertz CT molecular complexity index is 350. The van der Waals surface area contributed by atoms with Crippen molar-refractivity contribution in [2.24, 2.45) is 0 Å². The van der Waals surface area contributed by atoms with E-state index < -0.39 is 11.9 Å². The summed E-state index contributed by atoms with van der Waals surface area (Å²) in [6.07, 6.45) is 2.17. The van der Waals surface area contributed by atoms with Gasteiger partial charge in [-0.2, -0.15) is 0 Å². The van der Waals surface area contributed by atoms with Gasteiger partial charge >= 0.3 is 5.97 Å². The van der Waals surface area contributed by atoms with Crippen molar-refractivity contribution in [1.82, 2.24) is 9.97 Å². The van der Waals surface area contributed by atoms with Gasteiger partial charge in [0, 0.05) is 17.5 Å². The minimum atomic E-state index is -0.817. The predicted octanol–water partition coefficient (Wildman–Crippen LogP) is 1.67. The summed E-state index contributed by atoms with van der Waals surface area (Å²) in [4.78, 5) is 19.1. The van der Waals surface area contributed by atoms with Crippen LogP contribution in [0, 0.1) is 13.8 Å². The third-order valence-electron chi connectivity index (χ3n) is 2.22. The Hall–Kier alpha value is -1.45. The van der Waals surface area contributed by atoms with Crippen LogP contribution in [0.4, 0.5) is 0 Å². The fourth-order valence-corrected chi connectivity index (χ4v) is 1.46. The second-order valence-corrected chi connectivity index (χ2v) is 3.26. The molecule has 1 rings (SSSR count). The van der Waals surface area contributed by atoms with Crippen molar-refractivity contribution >= 4 is 5.97 Å². The molecule has 1 unspecified atom stereocenters. The number of aliphatic carboxylic acids is 1. The molecular formula is C10H14N2O2. The van der Waals surface area contributed by atoms with Crippen LogP contribution < -0.4 is 0 Å². The van der Waals surface area contributed by atoms with Crippen molar-refractivity contribution in [1.29, 1.82) is 0 Å². The molecule has 1 aromatic heterocycles. The average molecular weight is 194 g/mol. The fourth-order valence-electron chi connectivity index (χ4n) is 1.46. The lowest BCUT2D eigenvalue weighted by atomic mass is 9.97. The number of nitrogens with zero attached hydrogens (tertiary/aromatic N) is 2. The molecule has 1 N–H and O–H groups in total. The van der Waals surface area contributed by atoms with E-state index in [1.807, 2.05) is 13.8 Å². The van der Waals surface area contributed by atoms with Gasteiger partial charge < -0.3 is 5.11 Å². The second-order valence-electron chi connectivity index (χ2n) is 3.26. The summed E-state index contributed by atoms with van der Waals surface area (Å²) < 4.78 is 0. The molecule has 4 nitrogen and oxygen atoms in total. The molecule has 0 amide bonds. The zero-order valence-electron chi connectivity index (χ0n) is 8.61. The molecule has 0 saturated heterocycles. The maximum Gasteiger partial charge on any atom is 0.311 e. The molecule has 0 bridgehead atoms. The Labute approximate surface area is 83.0 Å². The molecule has 14 heavy (non-hydrogen) atoms. The summed E-state index contributed by atoms with van der Waals surface area (Å²) in [5.74, 6) is -0.634. The van der Waals surface area contributed by atoms with E-state index in [0.29, 0.717) is 17.8 Å². The van der Waals surface area contributed by atoms with Gasteiger partial charge in [-0.15, -0.1) is 0 Å². The van der Waals surface area contributed by atoms with E-state index in [1.165, 1.54) is 0 Å². The van der Waals surface area contributed by atoms with Gasteiger partial charge in [0.05, 0.1) is 5.92 Å². The molecule has 1 aromatic rings. The van der Waals surface area contributed by atoms with E-state index in [-0.39, 0.29) is 0 Å². The minimum absolute atomic E-state index is 0.490. The largest absolute Gasteiger partial charge is 0.481 e. The molecule has 4 heteroatoms. The lowest BCUT2D eigenvalue weighted by Crippen LogP contribution is -2.13. The molecule has 0 radical (unpaired) electrons. The van der Waals surface area contributed by atoms with Gasteiger partial charge in [0.1, 0.15) is 5.82 Å². The first kappa shape index (κ1) is 10.6. The number of rotatable bonds is 3. The van der Waals surface area contributed by atoms with E-state index in [0.717, 1.165) is 5.69 Å². The first-order valence-corrected chi connectivity index (χ1v) is 4.59. The highest BCUT2D eigenvalue weighted by molar-refractivity contribution is 5.76. The van der Waals surface area contributed by atoms with Crippen LogP contribution in [0.25, 0.3) is 0 Å². The third-order valence-corrected chi connectivity index (χ3v) is 2.22. The third kappa shape index (κ3) is 2.07. The molecule has 1 atom stereocenters. The van der Waals surface area contributed by atoms with E-state index in [2.05, 4.69) is 9.97 Å².